The van der Waals surface area contributed by atoms with Gasteiger partial charge in [-0.2, -0.15) is 0 Å². The number of fused-ring (bicyclic) bond motifs is 1. The Morgan fingerprint density at radius 1 is 0.828 bits per heavy atom. The monoisotopic (exact) mass is 386 g/mol. The van der Waals surface area contributed by atoms with Crippen LogP contribution in [0.2, 0.25) is 0 Å². The van der Waals surface area contributed by atoms with Crippen molar-refractivity contribution >= 4 is 22.7 Å². The van der Waals surface area contributed by atoms with E-state index in [0.29, 0.717) is 28.0 Å². The second-order valence-electron chi connectivity index (χ2n) is 7.23. The average molecular weight is 386 g/mol. The lowest BCUT2D eigenvalue weighted by atomic mass is 10.00. The largest absolute Gasteiger partial charge is 0.422 e. The molecular formula is C25H22O4. The van der Waals surface area contributed by atoms with Crippen molar-refractivity contribution in [3.63, 3.8) is 0 Å². The van der Waals surface area contributed by atoms with Gasteiger partial charge in [0.15, 0.2) is 0 Å². The van der Waals surface area contributed by atoms with Crippen molar-refractivity contribution in [3.8, 4) is 11.5 Å². The lowest BCUT2D eigenvalue weighted by Crippen LogP contribution is -2.14. The molecule has 0 aliphatic heterocycles. The molecule has 0 saturated heterocycles. The number of allylic oxidation sites excluding steroid dienone is 1. The number of ether oxygens (including phenoxy) is 2. The molecule has 4 heteroatoms. The summed E-state index contributed by atoms with van der Waals surface area (Å²) in [5.74, 6) is -0.0176. The lowest BCUT2D eigenvalue weighted by molar-refractivity contribution is -0.130. The van der Waals surface area contributed by atoms with Gasteiger partial charge in [-0.25, -0.2) is 9.59 Å². The first-order valence-electron chi connectivity index (χ1n) is 9.83. The molecule has 3 aromatic carbocycles. The maximum absolute atomic E-state index is 12.7. The van der Waals surface area contributed by atoms with Crippen LogP contribution in [0, 0.1) is 6.92 Å². The summed E-state index contributed by atoms with van der Waals surface area (Å²) in [6, 6.07) is 18.1. The summed E-state index contributed by atoms with van der Waals surface area (Å²) >= 11 is 0. The van der Waals surface area contributed by atoms with Crippen LogP contribution in [0.1, 0.15) is 41.6 Å². The molecule has 0 radical (unpaired) electrons. The summed E-state index contributed by atoms with van der Waals surface area (Å²) < 4.78 is 11.4. The van der Waals surface area contributed by atoms with Gasteiger partial charge < -0.3 is 9.47 Å². The number of carbonyl (C=O) groups is 2. The summed E-state index contributed by atoms with van der Waals surface area (Å²) in [4.78, 5) is 25.3. The van der Waals surface area contributed by atoms with E-state index in [2.05, 4.69) is 0 Å². The van der Waals surface area contributed by atoms with Gasteiger partial charge in [-0.05, 0) is 62.3 Å². The van der Waals surface area contributed by atoms with Crippen LogP contribution in [0.25, 0.3) is 10.8 Å². The Kier molecular flexibility index (Phi) is 5.43. The molecule has 0 fully saturated rings. The van der Waals surface area contributed by atoms with Crippen LogP contribution in [-0.4, -0.2) is 11.9 Å². The van der Waals surface area contributed by atoms with Gasteiger partial charge in [-0.15, -0.1) is 0 Å². The minimum Gasteiger partial charge on any atom is -0.422 e. The Hall–Kier alpha value is -3.40. The first-order valence-corrected chi connectivity index (χ1v) is 9.83. The summed E-state index contributed by atoms with van der Waals surface area (Å²) in [6.07, 6.45) is 5.69. The minimum absolute atomic E-state index is 0.336. The third kappa shape index (κ3) is 4.21. The number of esters is 2. The fourth-order valence-electron chi connectivity index (χ4n) is 3.56. The molecule has 0 saturated carbocycles. The standard InChI is InChI=1S/C25H22O4/c1-17-8-5-13-20(16-17)25(27)29-22-15-7-12-18-11-6-14-21(23(18)22)28-24(26)19-9-3-2-4-10-19/h5-9,11-16H,2-4,10H2,1H3. The quantitative estimate of drug-likeness (QED) is 0.422. The molecule has 0 unspecified atom stereocenters. The van der Waals surface area contributed by atoms with E-state index in [9.17, 15) is 9.59 Å². The number of hydrogen-bond acceptors (Lipinski definition) is 4. The highest BCUT2D eigenvalue weighted by molar-refractivity contribution is 6.00. The molecule has 3 aromatic rings. The summed E-state index contributed by atoms with van der Waals surface area (Å²) in [7, 11) is 0. The second kappa shape index (κ2) is 8.31. The van der Waals surface area contributed by atoms with E-state index in [1.807, 2.05) is 49.4 Å². The number of carbonyl (C=O) groups excluding carboxylic acids is 2. The zero-order valence-electron chi connectivity index (χ0n) is 16.3. The third-order valence-corrected chi connectivity index (χ3v) is 5.04. The molecule has 0 N–H and O–H groups in total. The minimum atomic E-state index is -0.447. The Morgan fingerprint density at radius 2 is 1.52 bits per heavy atom. The first-order chi connectivity index (χ1) is 14.1. The molecule has 4 rings (SSSR count). The highest BCUT2D eigenvalue weighted by atomic mass is 16.5. The van der Waals surface area contributed by atoms with Crippen molar-refractivity contribution in [2.45, 2.75) is 32.6 Å². The number of benzene rings is 3. The van der Waals surface area contributed by atoms with Crippen molar-refractivity contribution in [2.24, 2.45) is 0 Å². The Morgan fingerprint density at radius 3 is 2.17 bits per heavy atom. The van der Waals surface area contributed by atoms with Crippen LogP contribution in [0.5, 0.6) is 11.5 Å². The van der Waals surface area contributed by atoms with E-state index in [-0.39, 0.29) is 5.97 Å². The van der Waals surface area contributed by atoms with Crippen LogP contribution in [0.3, 0.4) is 0 Å². The second-order valence-corrected chi connectivity index (χ2v) is 7.23. The van der Waals surface area contributed by atoms with E-state index >= 15 is 0 Å². The highest BCUT2D eigenvalue weighted by Crippen LogP contribution is 2.35. The number of aryl methyl sites for hydroxylation is 1. The zero-order chi connectivity index (χ0) is 20.2. The number of rotatable bonds is 4. The van der Waals surface area contributed by atoms with Gasteiger partial charge in [0, 0.05) is 5.57 Å². The van der Waals surface area contributed by atoms with Crippen molar-refractivity contribution in [3.05, 3.63) is 83.4 Å². The first kappa shape index (κ1) is 18.9. The SMILES string of the molecule is Cc1cccc(C(=O)Oc2cccc3cccc(OC(=O)C4=CCCCC4)c23)c1. The molecule has 1 aliphatic rings. The van der Waals surface area contributed by atoms with Crippen LogP contribution >= 0.6 is 0 Å². The van der Waals surface area contributed by atoms with Gasteiger partial charge in [0.25, 0.3) is 0 Å². The molecule has 1 aliphatic carbocycles. The van der Waals surface area contributed by atoms with Crippen LogP contribution in [0.4, 0.5) is 0 Å². The van der Waals surface area contributed by atoms with Gasteiger partial charge in [0.1, 0.15) is 11.5 Å². The van der Waals surface area contributed by atoms with Crippen molar-refractivity contribution < 1.29 is 19.1 Å². The third-order valence-electron chi connectivity index (χ3n) is 5.04. The normalized spacial score (nSPS) is 13.6. The summed E-state index contributed by atoms with van der Waals surface area (Å²) in [5, 5.41) is 1.45. The average Bonchev–Trinajstić information content (AvgIpc) is 2.74. The van der Waals surface area contributed by atoms with Gasteiger partial charge in [-0.3, -0.25) is 0 Å². The molecule has 0 amide bonds. The van der Waals surface area contributed by atoms with Gasteiger partial charge in [-0.1, -0.05) is 48.0 Å². The smallest absolute Gasteiger partial charge is 0.343 e. The molecule has 0 heterocycles. The lowest BCUT2D eigenvalue weighted by Gasteiger charge is -2.15. The fourth-order valence-corrected chi connectivity index (χ4v) is 3.56. The molecule has 4 nitrogen and oxygen atoms in total. The van der Waals surface area contributed by atoms with Crippen LogP contribution in [0.15, 0.2) is 72.3 Å². The van der Waals surface area contributed by atoms with Crippen LogP contribution in [-0.2, 0) is 4.79 Å². The highest BCUT2D eigenvalue weighted by Gasteiger charge is 2.18. The molecule has 146 valence electrons. The van der Waals surface area contributed by atoms with E-state index in [4.69, 9.17) is 9.47 Å². The summed E-state index contributed by atoms with van der Waals surface area (Å²) in [6.45, 7) is 1.92. The Bertz CT molecular complexity index is 1110. The predicted octanol–water partition coefficient (Wildman–Crippen LogP) is 5.77. The topological polar surface area (TPSA) is 52.6 Å². The number of hydrogen-bond donors (Lipinski definition) is 0. The molecular weight excluding hydrogens is 364 g/mol. The molecule has 0 spiro atoms. The predicted molar refractivity (Wildman–Crippen MR) is 112 cm³/mol. The van der Waals surface area contributed by atoms with Gasteiger partial charge >= 0.3 is 11.9 Å². The maximum atomic E-state index is 12.7. The zero-order valence-corrected chi connectivity index (χ0v) is 16.3. The van der Waals surface area contributed by atoms with E-state index in [1.165, 1.54) is 0 Å². The van der Waals surface area contributed by atoms with Crippen LogP contribution < -0.4 is 9.47 Å². The molecule has 0 aromatic heterocycles. The maximum Gasteiger partial charge on any atom is 0.343 e. The molecule has 29 heavy (non-hydrogen) atoms. The van der Waals surface area contributed by atoms with E-state index in [0.717, 1.165) is 36.6 Å². The van der Waals surface area contributed by atoms with Crippen molar-refractivity contribution in [1.29, 1.82) is 0 Å². The fraction of sp³-hybridized carbons (Fsp3) is 0.200. The summed E-state index contributed by atoms with van der Waals surface area (Å²) in [5.41, 5.74) is 2.17. The van der Waals surface area contributed by atoms with Crippen molar-refractivity contribution in [1.82, 2.24) is 0 Å². The van der Waals surface area contributed by atoms with E-state index < -0.39 is 5.97 Å². The Balaban J connectivity index is 1.67. The van der Waals surface area contributed by atoms with Crippen molar-refractivity contribution in [2.75, 3.05) is 0 Å². The Labute approximate surface area is 169 Å². The van der Waals surface area contributed by atoms with E-state index in [1.54, 1.807) is 24.3 Å². The van der Waals surface area contributed by atoms with Gasteiger partial charge in [0.2, 0.25) is 0 Å². The van der Waals surface area contributed by atoms with Gasteiger partial charge in [0.05, 0.1) is 10.9 Å². The molecule has 0 atom stereocenters. The molecule has 0 bridgehead atoms.